The zero-order chi connectivity index (χ0) is 10.7. The third-order valence-corrected chi connectivity index (χ3v) is 3.76. The lowest BCUT2D eigenvalue weighted by Crippen LogP contribution is -2.52. The molecule has 0 bridgehead atoms. The van der Waals surface area contributed by atoms with E-state index < -0.39 is 5.54 Å². The monoisotopic (exact) mass is 209 g/mol. The number of hydrogen-bond acceptors (Lipinski definition) is 1. The van der Waals surface area contributed by atoms with E-state index >= 15 is 0 Å². The number of carbonyl (C=O) groups is 1. The van der Waals surface area contributed by atoms with Crippen LogP contribution in [-0.4, -0.2) is 29.4 Å². The van der Waals surface area contributed by atoms with Crippen LogP contribution in [0.3, 0.4) is 0 Å². The van der Waals surface area contributed by atoms with Gasteiger partial charge in [0.2, 0.25) is 5.91 Å². The first-order valence-electron chi connectivity index (χ1n) is 6.27. The Labute approximate surface area is 92.0 Å². The summed E-state index contributed by atoms with van der Waals surface area (Å²) in [5.41, 5.74) is 7.50. The largest absolute Gasteiger partial charge is 0.341 e. The minimum atomic E-state index is -0.768. The maximum absolute atomic E-state index is 12.2. The topological polar surface area (TPSA) is 44.1 Å². The van der Waals surface area contributed by atoms with E-state index in [0.717, 1.165) is 51.6 Å². The summed E-state index contributed by atoms with van der Waals surface area (Å²) in [6.45, 7) is 1.78. The highest BCUT2D eigenvalue weighted by Crippen LogP contribution is 2.29. The van der Waals surface area contributed by atoms with E-state index in [1.165, 1.54) is 12.8 Å². The Bertz CT molecular complexity index is 228. The Morgan fingerprint density at radius 2 is 1.47 bits per heavy atom. The predicted octanol–water partition coefficient (Wildman–Crippen LogP) is 1.98. The molecule has 0 aromatic rings. The van der Waals surface area contributed by atoms with Gasteiger partial charge in [-0.3, -0.25) is 4.79 Å². The third kappa shape index (κ3) is 2.33. The molecule has 1 heterocycles. The van der Waals surface area contributed by atoms with Crippen molar-refractivity contribution in [1.29, 1.82) is 0 Å². The van der Waals surface area contributed by atoms with Crippen molar-refractivity contribution in [3.8, 4) is 0 Å². The standard InChI is InChI=1S/C12H21N2O/c13-12(7-3-1-4-8-12)11(15)14-9-5-2-6-10-14/h13H,1-10H2. The summed E-state index contributed by atoms with van der Waals surface area (Å²) in [4.78, 5) is 14.1. The second-order valence-corrected chi connectivity index (χ2v) is 5.00. The van der Waals surface area contributed by atoms with Crippen LogP contribution in [0.2, 0.25) is 0 Å². The van der Waals surface area contributed by atoms with Gasteiger partial charge in [0, 0.05) is 13.1 Å². The minimum Gasteiger partial charge on any atom is -0.341 e. The second kappa shape index (κ2) is 4.52. The molecule has 1 amide bonds. The van der Waals surface area contributed by atoms with Crippen LogP contribution in [-0.2, 0) is 4.79 Å². The molecule has 15 heavy (non-hydrogen) atoms. The molecule has 3 heteroatoms. The van der Waals surface area contributed by atoms with Gasteiger partial charge in [-0.05, 0) is 32.1 Å². The number of nitrogens with zero attached hydrogens (tertiary/aromatic N) is 1. The van der Waals surface area contributed by atoms with Gasteiger partial charge in [-0.25, -0.2) is 5.73 Å². The molecule has 0 aromatic heterocycles. The van der Waals surface area contributed by atoms with Crippen LogP contribution in [0.5, 0.6) is 0 Å². The van der Waals surface area contributed by atoms with E-state index in [-0.39, 0.29) is 5.91 Å². The Hall–Kier alpha value is -0.570. The van der Waals surface area contributed by atoms with E-state index in [1.807, 2.05) is 4.90 Å². The molecule has 85 valence electrons. The fourth-order valence-corrected chi connectivity index (χ4v) is 2.77. The molecule has 1 N–H and O–H groups in total. The summed E-state index contributed by atoms with van der Waals surface area (Å²) in [6.07, 6.45) is 8.38. The molecule has 2 rings (SSSR count). The first-order valence-corrected chi connectivity index (χ1v) is 6.27. The average Bonchev–Trinajstić information content (AvgIpc) is 2.30. The number of amides is 1. The summed E-state index contributed by atoms with van der Waals surface area (Å²) in [6, 6.07) is 0. The molecule has 0 spiro atoms. The van der Waals surface area contributed by atoms with Crippen LogP contribution >= 0.6 is 0 Å². The van der Waals surface area contributed by atoms with Crippen LogP contribution in [0.15, 0.2) is 0 Å². The molecule has 1 radical (unpaired) electrons. The Kier molecular flexibility index (Phi) is 3.29. The van der Waals surface area contributed by atoms with Gasteiger partial charge >= 0.3 is 0 Å². The lowest BCUT2D eigenvalue weighted by molar-refractivity contribution is -0.139. The molecule has 1 aliphatic carbocycles. The molecule has 1 saturated carbocycles. The Morgan fingerprint density at radius 1 is 0.933 bits per heavy atom. The van der Waals surface area contributed by atoms with Crippen LogP contribution < -0.4 is 5.73 Å². The lowest BCUT2D eigenvalue weighted by atomic mass is 9.81. The zero-order valence-corrected chi connectivity index (χ0v) is 9.43. The maximum Gasteiger partial charge on any atom is 0.244 e. The van der Waals surface area contributed by atoms with Crippen molar-refractivity contribution in [2.45, 2.75) is 56.9 Å². The van der Waals surface area contributed by atoms with Crippen molar-refractivity contribution >= 4 is 5.91 Å². The van der Waals surface area contributed by atoms with Gasteiger partial charge in [0.05, 0.1) is 0 Å². The van der Waals surface area contributed by atoms with E-state index in [4.69, 9.17) is 5.73 Å². The van der Waals surface area contributed by atoms with Crippen molar-refractivity contribution in [1.82, 2.24) is 10.6 Å². The van der Waals surface area contributed by atoms with Gasteiger partial charge in [-0.15, -0.1) is 0 Å². The fourth-order valence-electron chi connectivity index (χ4n) is 2.77. The molecule has 1 saturated heterocycles. The number of piperidine rings is 1. The van der Waals surface area contributed by atoms with Gasteiger partial charge in [0.1, 0.15) is 5.54 Å². The van der Waals surface area contributed by atoms with Crippen molar-refractivity contribution in [2.75, 3.05) is 13.1 Å². The molecule has 2 fully saturated rings. The normalized spacial score (nSPS) is 26.3. The molecule has 0 unspecified atom stereocenters. The summed E-state index contributed by atoms with van der Waals surface area (Å²) >= 11 is 0. The van der Waals surface area contributed by atoms with Crippen LogP contribution in [0.1, 0.15) is 51.4 Å². The second-order valence-electron chi connectivity index (χ2n) is 5.00. The van der Waals surface area contributed by atoms with Gasteiger partial charge in [-0.1, -0.05) is 19.3 Å². The molecule has 1 aliphatic heterocycles. The highest BCUT2D eigenvalue weighted by molar-refractivity contribution is 5.86. The molecule has 0 atom stereocenters. The van der Waals surface area contributed by atoms with Crippen molar-refractivity contribution in [3.63, 3.8) is 0 Å². The third-order valence-electron chi connectivity index (χ3n) is 3.76. The number of likely N-dealkylation sites (tertiary alicyclic amines) is 1. The molecular weight excluding hydrogens is 188 g/mol. The molecular formula is C12H21N2O. The molecule has 0 aromatic carbocycles. The quantitative estimate of drug-likeness (QED) is 0.651. The van der Waals surface area contributed by atoms with E-state index in [1.54, 1.807) is 0 Å². The minimum absolute atomic E-state index is 0.113. The fraction of sp³-hybridized carbons (Fsp3) is 0.917. The lowest BCUT2D eigenvalue weighted by Gasteiger charge is -2.37. The van der Waals surface area contributed by atoms with Crippen LogP contribution in [0, 0.1) is 0 Å². The van der Waals surface area contributed by atoms with Gasteiger partial charge in [-0.2, -0.15) is 0 Å². The zero-order valence-electron chi connectivity index (χ0n) is 9.43. The summed E-state index contributed by atoms with van der Waals surface area (Å²) in [7, 11) is 0. The maximum atomic E-state index is 12.2. The average molecular weight is 209 g/mol. The SMILES string of the molecule is [NH]C1(C(=O)N2CCCCC2)CCCCC1. The van der Waals surface area contributed by atoms with E-state index in [9.17, 15) is 4.79 Å². The highest BCUT2D eigenvalue weighted by Gasteiger charge is 2.39. The van der Waals surface area contributed by atoms with Crippen molar-refractivity contribution < 1.29 is 4.79 Å². The van der Waals surface area contributed by atoms with Crippen LogP contribution in [0.4, 0.5) is 0 Å². The number of hydrogen-bond donors (Lipinski definition) is 0. The van der Waals surface area contributed by atoms with E-state index in [2.05, 4.69) is 0 Å². The number of nitrogens with one attached hydrogen (secondary N) is 1. The number of rotatable bonds is 1. The van der Waals surface area contributed by atoms with Crippen molar-refractivity contribution in [3.05, 3.63) is 0 Å². The van der Waals surface area contributed by atoms with Crippen molar-refractivity contribution in [2.24, 2.45) is 0 Å². The molecule has 2 aliphatic rings. The van der Waals surface area contributed by atoms with Gasteiger partial charge in [0.15, 0.2) is 0 Å². The van der Waals surface area contributed by atoms with Gasteiger partial charge in [0.25, 0.3) is 0 Å². The smallest absolute Gasteiger partial charge is 0.244 e. The van der Waals surface area contributed by atoms with E-state index in [0.29, 0.717) is 0 Å². The highest BCUT2D eigenvalue weighted by atomic mass is 16.2. The Morgan fingerprint density at radius 3 is 2.07 bits per heavy atom. The summed E-state index contributed by atoms with van der Waals surface area (Å²) in [5.74, 6) is 0.113. The Balaban J connectivity index is 1.98. The first kappa shape index (κ1) is 10.9. The predicted molar refractivity (Wildman–Crippen MR) is 59.3 cm³/mol. The molecule has 3 nitrogen and oxygen atoms in total. The first-order chi connectivity index (χ1) is 7.22. The summed E-state index contributed by atoms with van der Waals surface area (Å²) in [5, 5.41) is 0. The number of carbonyl (C=O) groups excluding carboxylic acids is 1. The van der Waals surface area contributed by atoms with Gasteiger partial charge < -0.3 is 4.90 Å². The van der Waals surface area contributed by atoms with Crippen LogP contribution in [0.25, 0.3) is 0 Å². The summed E-state index contributed by atoms with van der Waals surface area (Å²) < 4.78 is 0.